The molecule has 1 aliphatic heterocycles. The summed E-state index contributed by atoms with van der Waals surface area (Å²) in [6.07, 6.45) is 0.873. The molecule has 0 fully saturated rings. The van der Waals surface area contributed by atoms with E-state index in [4.69, 9.17) is 10.6 Å². The SMILES string of the molecule is CCN1CCc2c(sc3nc(COc4c(C)cccc4C)n(N)c(=O)c23)C1. The summed E-state index contributed by atoms with van der Waals surface area (Å²) in [6.45, 7) is 9.19. The zero-order valence-electron chi connectivity index (χ0n) is 15.9. The lowest BCUT2D eigenvalue weighted by Crippen LogP contribution is -2.33. The maximum Gasteiger partial charge on any atom is 0.281 e. The van der Waals surface area contributed by atoms with E-state index in [9.17, 15) is 4.79 Å². The van der Waals surface area contributed by atoms with Crippen LogP contribution < -0.4 is 16.1 Å². The predicted molar refractivity (Wildman–Crippen MR) is 109 cm³/mol. The number of hydrogen-bond acceptors (Lipinski definition) is 6. The lowest BCUT2D eigenvalue weighted by molar-refractivity contribution is 0.272. The Kier molecular flexibility index (Phi) is 4.65. The Bertz CT molecular complexity index is 1050. The Hall–Kier alpha value is -2.38. The molecule has 0 saturated carbocycles. The van der Waals surface area contributed by atoms with Crippen molar-refractivity contribution in [2.24, 2.45) is 0 Å². The first-order valence-corrected chi connectivity index (χ1v) is 10.0. The Balaban J connectivity index is 1.71. The molecule has 2 aromatic heterocycles. The molecule has 0 bridgehead atoms. The van der Waals surface area contributed by atoms with Gasteiger partial charge in [-0.15, -0.1) is 11.3 Å². The second-order valence-electron chi connectivity index (χ2n) is 7.02. The maximum absolute atomic E-state index is 12.9. The molecule has 142 valence electrons. The van der Waals surface area contributed by atoms with Crippen LogP contribution >= 0.6 is 11.3 Å². The second kappa shape index (κ2) is 6.98. The van der Waals surface area contributed by atoms with Gasteiger partial charge in [-0.25, -0.2) is 9.66 Å². The monoisotopic (exact) mass is 384 g/mol. The van der Waals surface area contributed by atoms with Gasteiger partial charge >= 0.3 is 0 Å². The molecule has 1 aromatic carbocycles. The van der Waals surface area contributed by atoms with Crippen molar-refractivity contribution in [3.63, 3.8) is 0 Å². The van der Waals surface area contributed by atoms with Crippen LogP contribution in [0.25, 0.3) is 10.2 Å². The van der Waals surface area contributed by atoms with Crippen LogP contribution in [0.3, 0.4) is 0 Å². The molecule has 0 spiro atoms. The summed E-state index contributed by atoms with van der Waals surface area (Å²) in [5, 5.41) is 0.684. The van der Waals surface area contributed by atoms with Crippen LogP contribution in [-0.2, 0) is 19.6 Å². The van der Waals surface area contributed by atoms with Crippen LogP contribution in [0.5, 0.6) is 5.75 Å². The third-order valence-corrected chi connectivity index (χ3v) is 6.37. The van der Waals surface area contributed by atoms with Crippen molar-refractivity contribution in [1.82, 2.24) is 14.6 Å². The van der Waals surface area contributed by atoms with E-state index in [0.717, 1.165) is 58.0 Å². The number of benzene rings is 1. The third kappa shape index (κ3) is 3.11. The topological polar surface area (TPSA) is 73.4 Å². The van der Waals surface area contributed by atoms with Crippen molar-refractivity contribution in [2.45, 2.75) is 40.3 Å². The van der Waals surface area contributed by atoms with Gasteiger partial charge in [0, 0.05) is 18.0 Å². The number of ether oxygens (including phenoxy) is 1. The first kappa shape index (κ1) is 18.0. The fourth-order valence-electron chi connectivity index (χ4n) is 3.69. The number of aromatic nitrogens is 2. The lowest BCUT2D eigenvalue weighted by Gasteiger charge is -2.24. The van der Waals surface area contributed by atoms with Gasteiger partial charge in [-0.1, -0.05) is 25.1 Å². The molecule has 0 atom stereocenters. The van der Waals surface area contributed by atoms with Gasteiger partial charge in [-0.2, -0.15) is 0 Å². The lowest BCUT2D eigenvalue weighted by atomic mass is 10.1. The minimum atomic E-state index is -0.178. The molecule has 6 nitrogen and oxygen atoms in total. The van der Waals surface area contributed by atoms with Crippen molar-refractivity contribution in [1.29, 1.82) is 0 Å². The standard InChI is InChI=1S/C20H24N4O2S/c1-4-23-9-8-14-15(10-23)27-19-17(14)20(25)24(21)16(22-19)11-26-18-12(2)6-5-7-13(18)3/h5-7H,4,8-11,21H2,1-3H3. The van der Waals surface area contributed by atoms with Gasteiger partial charge in [-0.05, 0) is 43.5 Å². The fraction of sp³-hybridized carbons (Fsp3) is 0.400. The molecule has 0 unspecified atom stereocenters. The summed E-state index contributed by atoms with van der Waals surface area (Å²) < 4.78 is 7.12. The van der Waals surface area contributed by atoms with Gasteiger partial charge in [-0.3, -0.25) is 9.69 Å². The first-order valence-electron chi connectivity index (χ1n) is 9.22. The molecule has 0 saturated heterocycles. The van der Waals surface area contributed by atoms with Crippen LogP contribution in [-0.4, -0.2) is 27.6 Å². The summed E-state index contributed by atoms with van der Waals surface area (Å²) in [5.74, 6) is 7.35. The summed E-state index contributed by atoms with van der Waals surface area (Å²) >= 11 is 1.61. The van der Waals surface area contributed by atoms with Gasteiger partial charge in [0.25, 0.3) is 5.56 Å². The molecular formula is C20H24N4O2S. The summed E-state index contributed by atoms with van der Waals surface area (Å²) in [6, 6.07) is 6.00. The highest BCUT2D eigenvalue weighted by Crippen LogP contribution is 2.32. The van der Waals surface area contributed by atoms with Crippen LogP contribution in [0, 0.1) is 13.8 Å². The quantitative estimate of drug-likeness (QED) is 0.700. The molecule has 2 N–H and O–H groups in total. The molecule has 27 heavy (non-hydrogen) atoms. The van der Waals surface area contributed by atoms with Gasteiger partial charge in [0.2, 0.25) is 0 Å². The number of para-hydroxylation sites is 1. The number of nitrogens with two attached hydrogens (primary N) is 1. The van der Waals surface area contributed by atoms with Gasteiger partial charge in [0.15, 0.2) is 5.82 Å². The summed E-state index contributed by atoms with van der Waals surface area (Å²) in [4.78, 5) is 22.0. The van der Waals surface area contributed by atoms with Gasteiger partial charge in [0.1, 0.15) is 17.2 Å². The van der Waals surface area contributed by atoms with Crippen LogP contribution in [0.4, 0.5) is 0 Å². The fourth-order valence-corrected chi connectivity index (χ4v) is 4.96. The van der Waals surface area contributed by atoms with E-state index in [1.165, 1.54) is 4.88 Å². The molecule has 4 rings (SSSR count). The molecule has 0 aliphatic carbocycles. The molecular weight excluding hydrogens is 360 g/mol. The normalized spacial score (nSPS) is 14.5. The van der Waals surface area contributed by atoms with Crippen molar-refractivity contribution in [3.05, 3.63) is 55.9 Å². The highest BCUT2D eigenvalue weighted by Gasteiger charge is 2.24. The zero-order chi connectivity index (χ0) is 19.1. The second-order valence-corrected chi connectivity index (χ2v) is 8.10. The Morgan fingerprint density at radius 2 is 2.04 bits per heavy atom. The maximum atomic E-state index is 12.9. The number of nitrogens with zero attached hydrogens (tertiary/aromatic N) is 3. The largest absolute Gasteiger partial charge is 0.485 e. The summed E-state index contributed by atoms with van der Waals surface area (Å²) in [5.41, 5.74) is 3.04. The van der Waals surface area contributed by atoms with Crippen molar-refractivity contribution < 1.29 is 4.74 Å². The van der Waals surface area contributed by atoms with Crippen molar-refractivity contribution in [3.8, 4) is 5.75 Å². The minimum absolute atomic E-state index is 0.164. The average molecular weight is 385 g/mol. The Morgan fingerprint density at radius 1 is 1.30 bits per heavy atom. The highest BCUT2D eigenvalue weighted by atomic mass is 32.1. The third-order valence-electron chi connectivity index (χ3n) is 5.26. The van der Waals surface area contributed by atoms with Crippen molar-refractivity contribution in [2.75, 3.05) is 18.9 Å². The van der Waals surface area contributed by atoms with E-state index in [1.807, 2.05) is 32.0 Å². The van der Waals surface area contributed by atoms with E-state index in [2.05, 4.69) is 16.8 Å². The molecule has 3 aromatic rings. The van der Waals surface area contributed by atoms with Gasteiger partial charge in [0.05, 0.1) is 5.39 Å². The highest BCUT2D eigenvalue weighted by molar-refractivity contribution is 7.18. The van der Waals surface area contributed by atoms with Gasteiger partial charge < -0.3 is 10.6 Å². The van der Waals surface area contributed by atoms with E-state index in [-0.39, 0.29) is 12.2 Å². The molecule has 3 heterocycles. The van der Waals surface area contributed by atoms with E-state index in [1.54, 1.807) is 11.3 Å². The van der Waals surface area contributed by atoms with Crippen LogP contribution in [0.1, 0.15) is 34.3 Å². The van der Waals surface area contributed by atoms with Crippen molar-refractivity contribution >= 4 is 21.6 Å². The molecule has 7 heteroatoms. The van der Waals surface area contributed by atoms with Crippen LogP contribution in [0.2, 0.25) is 0 Å². The van der Waals surface area contributed by atoms with E-state index >= 15 is 0 Å². The number of nitrogen functional groups attached to an aromatic ring is 1. The number of rotatable bonds is 4. The molecule has 0 amide bonds. The Morgan fingerprint density at radius 3 is 2.74 bits per heavy atom. The predicted octanol–water partition coefficient (Wildman–Crippen LogP) is 2.75. The zero-order valence-corrected chi connectivity index (χ0v) is 16.7. The number of fused-ring (bicyclic) bond motifs is 3. The number of likely N-dealkylation sites (N-methyl/N-ethyl adjacent to an activating group) is 1. The molecule has 0 radical (unpaired) electrons. The Labute approximate surface area is 162 Å². The number of aryl methyl sites for hydroxylation is 2. The minimum Gasteiger partial charge on any atom is -0.485 e. The first-order chi connectivity index (χ1) is 13.0. The smallest absolute Gasteiger partial charge is 0.281 e. The number of hydrogen-bond donors (Lipinski definition) is 1. The molecule has 1 aliphatic rings. The summed E-state index contributed by atoms with van der Waals surface area (Å²) in [7, 11) is 0. The average Bonchev–Trinajstić information content (AvgIpc) is 3.02. The van der Waals surface area contributed by atoms with E-state index < -0.39 is 0 Å². The van der Waals surface area contributed by atoms with Crippen LogP contribution in [0.15, 0.2) is 23.0 Å². The number of thiophene rings is 1. The van der Waals surface area contributed by atoms with E-state index in [0.29, 0.717) is 11.2 Å².